The molecule has 5 heterocycles. The lowest BCUT2D eigenvalue weighted by Crippen LogP contribution is -2.52. The average molecular weight is 503 g/mol. The third-order valence-corrected chi connectivity index (χ3v) is 8.19. The Bertz CT molecular complexity index is 1320. The monoisotopic (exact) mass is 502 g/mol. The number of fused-ring (bicyclic) bond motifs is 4. The van der Waals surface area contributed by atoms with Crippen molar-refractivity contribution in [3.63, 3.8) is 0 Å². The van der Waals surface area contributed by atoms with Crippen LogP contribution in [0.4, 0.5) is 11.8 Å². The summed E-state index contributed by atoms with van der Waals surface area (Å²) in [6.07, 6.45) is 8.94. The maximum absolute atomic E-state index is 13.0. The van der Waals surface area contributed by atoms with Crippen molar-refractivity contribution in [1.82, 2.24) is 34.6 Å². The van der Waals surface area contributed by atoms with Crippen molar-refractivity contribution in [2.45, 2.75) is 57.5 Å². The van der Waals surface area contributed by atoms with E-state index in [2.05, 4.69) is 43.9 Å². The molecular weight excluding hydrogens is 468 g/mol. The van der Waals surface area contributed by atoms with Crippen LogP contribution in [0.1, 0.15) is 66.8 Å². The fourth-order valence-electron chi connectivity index (χ4n) is 6.05. The molecule has 3 aliphatic rings. The van der Waals surface area contributed by atoms with Crippen LogP contribution in [-0.4, -0.2) is 79.9 Å². The molecule has 2 N–H and O–H groups in total. The van der Waals surface area contributed by atoms with Gasteiger partial charge in [-0.05, 0) is 44.9 Å². The Hall–Kier alpha value is -3.53. The minimum Gasteiger partial charge on any atom is -0.348 e. The molecular formula is C27H34N8O2. The van der Waals surface area contributed by atoms with E-state index in [9.17, 15) is 9.59 Å². The highest BCUT2D eigenvalue weighted by molar-refractivity contribution is 5.99. The average Bonchev–Trinajstić information content (AvgIpc) is 3.32. The van der Waals surface area contributed by atoms with Crippen LogP contribution in [-0.2, 0) is 5.54 Å². The Morgan fingerprint density at radius 3 is 2.54 bits per heavy atom. The molecule has 3 aromatic heterocycles. The Labute approximate surface area is 216 Å². The van der Waals surface area contributed by atoms with Gasteiger partial charge in [-0.2, -0.15) is 4.98 Å². The molecule has 0 unspecified atom stereocenters. The molecule has 3 aromatic rings. The van der Waals surface area contributed by atoms with Crippen molar-refractivity contribution in [2.75, 3.05) is 38.0 Å². The van der Waals surface area contributed by atoms with Crippen LogP contribution in [0.3, 0.4) is 0 Å². The molecule has 1 aliphatic carbocycles. The van der Waals surface area contributed by atoms with Crippen LogP contribution in [0, 0.1) is 0 Å². The van der Waals surface area contributed by atoms with Crippen LogP contribution in [0.15, 0.2) is 30.6 Å². The van der Waals surface area contributed by atoms with Crippen molar-refractivity contribution in [2.24, 2.45) is 0 Å². The van der Waals surface area contributed by atoms with Gasteiger partial charge in [-0.1, -0.05) is 19.3 Å². The lowest BCUT2D eigenvalue weighted by Gasteiger charge is -2.42. The van der Waals surface area contributed by atoms with Crippen molar-refractivity contribution >= 4 is 34.6 Å². The molecule has 6 rings (SSSR count). The smallest absolute Gasteiger partial charge is 0.268 e. The summed E-state index contributed by atoms with van der Waals surface area (Å²) in [4.78, 5) is 43.7. The van der Waals surface area contributed by atoms with E-state index in [1.807, 2.05) is 11.0 Å². The molecule has 0 bridgehead atoms. The van der Waals surface area contributed by atoms with Crippen molar-refractivity contribution in [1.29, 1.82) is 0 Å². The Kier molecular flexibility index (Phi) is 6.06. The van der Waals surface area contributed by atoms with E-state index in [-0.39, 0.29) is 17.4 Å². The predicted molar refractivity (Wildman–Crippen MR) is 141 cm³/mol. The first-order valence-corrected chi connectivity index (χ1v) is 13.4. The van der Waals surface area contributed by atoms with E-state index >= 15 is 0 Å². The topological polar surface area (TPSA) is 108 Å². The van der Waals surface area contributed by atoms with Gasteiger partial charge >= 0.3 is 0 Å². The summed E-state index contributed by atoms with van der Waals surface area (Å²) < 4.78 is 2.15. The van der Waals surface area contributed by atoms with Crippen molar-refractivity contribution < 1.29 is 9.59 Å². The van der Waals surface area contributed by atoms with E-state index in [4.69, 9.17) is 4.98 Å². The van der Waals surface area contributed by atoms with E-state index in [1.165, 1.54) is 6.42 Å². The minimum absolute atomic E-state index is 0.0102. The second kappa shape index (κ2) is 9.41. The van der Waals surface area contributed by atoms with Gasteiger partial charge in [0.1, 0.15) is 17.2 Å². The number of rotatable bonds is 4. The zero-order chi connectivity index (χ0) is 25.6. The third kappa shape index (κ3) is 4.33. The normalized spacial score (nSPS) is 19.8. The number of nitrogens with zero attached hydrogens (tertiary/aromatic N) is 6. The zero-order valence-electron chi connectivity index (χ0n) is 21.5. The van der Waals surface area contributed by atoms with E-state index in [0.29, 0.717) is 35.6 Å². The van der Waals surface area contributed by atoms with Gasteiger partial charge in [0.25, 0.3) is 11.8 Å². The van der Waals surface area contributed by atoms with Crippen LogP contribution in [0.5, 0.6) is 0 Å². The number of piperazine rings is 1. The molecule has 2 aliphatic heterocycles. The molecule has 2 amide bonds. The van der Waals surface area contributed by atoms with Gasteiger partial charge in [0.05, 0.1) is 11.1 Å². The summed E-state index contributed by atoms with van der Waals surface area (Å²) >= 11 is 0. The second-order valence-electron chi connectivity index (χ2n) is 10.8. The van der Waals surface area contributed by atoms with Gasteiger partial charge in [-0.3, -0.25) is 14.5 Å². The van der Waals surface area contributed by atoms with Crippen LogP contribution < -0.4 is 10.6 Å². The first-order valence-electron chi connectivity index (χ1n) is 13.4. The van der Waals surface area contributed by atoms with Gasteiger partial charge in [-0.15, -0.1) is 0 Å². The number of nitrogens with one attached hydrogen (secondary N) is 2. The van der Waals surface area contributed by atoms with E-state index in [1.54, 1.807) is 24.5 Å². The first kappa shape index (κ1) is 23.8. The lowest BCUT2D eigenvalue weighted by atomic mass is 9.80. The lowest BCUT2D eigenvalue weighted by molar-refractivity contribution is 0.0595. The standard InChI is InChI=1S/C27H34N8O2/c1-18(2)33-10-12-34(13-11-33)25(37)19-6-7-22(28-15-19)31-26-29-16-20-14-21-24(36)30-17-27(8-4-3-5-9-27)35(21)23(20)32-26/h6-7,14-16,18H,3-5,8-13,17H2,1-2H3,(H,30,36)(H,28,29,31,32). The summed E-state index contributed by atoms with van der Waals surface area (Å²) in [5.74, 6) is 0.935. The molecule has 10 nitrogen and oxygen atoms in total. The van der Waals surface area contributed by atoms with Gasteiger partial charge in [0.15, 0.2) is 0 Å². The summed E-state index contributed by atoms with van der Waals surface area (Å²) in [5.41, 5.74) is 1.88. The molecule has 194 valence electrons. The molecule has 10 heteroatoms. The Balaban J connectivity index is 1.21. The molecule has 37 heavy (non-hydrogen) atoms. The van der Waals surface area contributed by atoms with Crippen LogP contribution in [0.2, 0.25) is 0 Å². The Morgan fingerprint density at radius 1 is 1.05 bits per heavy atom. The summed E-state index contributed by atoms with van der Waals surface area (Å²) in [5, 5.41) is 7.13. The number of carbonyl (C=O) groups is 2. The van der Waals surface area contributed by atoms with Crippen molar-refractivity contribution in [3.8, 4) is 0 Å². The Morgan fingerprint density at radius 2 is 1.84 bits per heavy atom. The van der Waals surface area contributed by atoms with Gasteiger partial charge in [0, 0.05) is 56.5 Å². The molecule has 1 spiro atoms. The highest BCUT2D eigenvalue weighted by Crippen LogP contribution is 2.40. The predicted octanol–water partition coefficient (Wildman–Crippen LogP) is 3.14. The fraction of sp³-hybridized carbons (Fsp3) is 0.519. The number of anilines is 2. The quantitative estimate of drug-likeness (QED) is 0.564. The molecule has 2 fully saturated rings. The second-order valence-corrected chi connectivity index (χ2v) is 10.8. The SMILES string of the molecule is CC(C)N1CCN(C(=O)c2ccc(Nc3ncc4cc5n(c4n3)C3(CCCCC3)CNC5=O)nc2)CC1. The number of pyridine rings is 1. The highest BCUT2D eigenvalue weighted by Gasteiger charge is 2.41. The maximum atomic E-state index is 13.0. The third-order valence-electron chi connectivity index (χ3n) is 8.19. The summed E-state index contributed by atoms with van der Waals surface area (Å²) in [7, 11) is 0. The van der Waals surface area contributed by atoms with E-state index in [0.717, 1.165) is 62.9 Å². The maximum Gasteiger partial charge on any atom is 0.268 e. The van der Waals surface area contributed by atoms with Gasteiger partial charge in [-0.25, -0.2) is 9.97 Å². The number of hydrogen-bond acceptors (Lipinski definition) is 7. The number of amides is 2. The molecule has 1 saturated carbocycles. The molecule has 0 atom stereocenters. The summed E-state index contributed by atoms with van der Waals surface area (Å²) in [6, 6.07) is 5.97. The molecule has 0 aromatic carbocycles. The zero-order valence-corrected chi connectivity index (χ0v) is 21.5. The summed E-state index contributed by atoms with van der Waals surface area (Å²) in [6.45, 7) is 8.25. The van der Waals surface area contributed by atoms with Gasteiger partial charge < -0.3 is 20.1 Å². The fourth-order valence-corrected chi connectivity index (χ4v) is 6.05. The van der Waals surface area contributed by atoms with Crippen molar-refractivity contribution in [3.05, 3.63) is 41.9 Å². The van der Waals surface area contributed by atoms with Gasteiger partial charge in [0.2, 0.25) is 5.95 Å². The number of carbonyl (C=O) groups excluding carboxylic acids is 2. The molecule has 1 saturated heterocycles. The number of aromatic nitrogens is 4. The molecule has 0 radical (unpaired) electrons. The van der Waals surface area contributed by atoms with Crippen LogP contribution >= 0.6 is 0 Å². The first-order chi connectivity index (χ1) is 17.9. The highest BCUT2D eigenvalue weighted by atomic mass is 16.2. The minimum atomic E-state index is -0.129. The largest absolute Gasteiger partial charge is 0.348 e. The van der Waals surface area contributed by atoms with E-state index < -0.39 is 0 Å². The number of hydrogen-bond donors (Lipinski definition) is 2. The van der Waals surface area contributed by atoms with Crippen LogP contribution in [0.25, 0.3) is 11.0 Å².